The maximum absolute atomic E-state index is 16.0. The lowest BCUT2D eigenvalue weighted by Crippen LogP contribution is -2.56. The molecule has 4 aromatic carbocycles. The second kappa shape index (κ2) is 19.3. The van der Waals surface area contributed by atoms with E-state index in [-0.39, 0.29) is 53.1 Å². The van der Waals surface area contributed by atoms with Crippen molar-refractivity contribution in [3.8, 4) is 11.5 Å². The molecule has 6 rings (SSSR count). The number of unbranched alkanes of at least 4 members (excludes halogenated alkanes) is 2. The van der Waals surface area contributed by atoms with Gasteiger partial charge < -0.3 is 31.5 Å². The van der Waals surface area contributed by atoms with Crippen molar-refractivity contribution in [1.29, 1.82) is 0 Å². The van der Waals surface area contributed by atoms with Gasteiger partial charge in [0.05, 0.1) is 0 Å². The Labute approximate surface area is 340 Å². The third-order valence-electron chi connectivity index (χ3n) is 12.4. The minimum atomic E-state index is -0.833. The Balaban J connectivity index is 1.54. The van der Waals surface area contributed by atoms with E-state index >= 15 is 13.6 Å². The third kappa shape index (κ3) is 9.39. The van der Waals surface area contributed by atoms with Gasteiger partial charge >= 0.3 is 0 Å². The first kappa shape index (κ1) is 42.8. The lowest BCUT2D eigenvalue weighted by molar-refractivity contribution is -0.133. The summed E-state index contributed by atoms with van der Waals surface area (Å²) in [4.78, 5) is 49.7. The van der Waals surface area contributed by atoms with Crippen LogP contribution < -0.4 is 11.5 Å². The number of halogens is 2. The number of nitrogens with two attached hydrogens (primary N) is 2. The standard InChI is InChI=1S/C47H56F2N4O5/c1-29-35(15-9-17-41(29)48)43-37(45(56)31-11-7-13-33(54)23-31)25-52(21-5-3-19-50)27-39(43)47(58)40-28-53(22-6-4-20-51)26-38(46(57)32-12-8-14-34(55)24-32)44(40)36-16-10-18-42(49)30(36)2/h7-18,23-24,37-40,43-44,54-55H,3-6,19-22,25-28,50-51H2,1-2H3/t37-,38?,39+,40?,43-,44?/m0/s1. The highest BCUT2D eigenvalue weighted by molar-refractivity contribution is 6.01. The van der Waals surface area contributed by atoms with E-state index in [0.717, 1.165) is 25.7 Å². The van der Waals surface area contributed by atoms with Crippen LogP contribution in [-0.2, 0) is 4.79 Å². The smallest absolute Gasteiger partial charge is 0.167 e. The van der Waals surface area contributed by atoms with E-state index in [9.17, 15) is 19.8 Å². The van der Waals surface area contributed by atoms with E-state index in [0.29, 0.717) is 61.5 Å². The van der Waals surface area contributed by atoms with E-state index in [1.165, 1.54) is 36.4 Å². The molecule has 58 heavy (non-hydrogen) atoms. The molecule has 2 fully saturated rings. The molecule has 4 aromatic rings. The Hall–Kier alpha value is -4.81. The number of aromatic hydroxyl groups is 2. The lowest BCUT2D eigenvalue weighted by atomic mass is 9.62. The van der Waals surface area contributed by atoms with Crippen LogP contribution >= 0.6 is 0 Å². The number of hydrogen-bond donors (Lipinski definition) is 4. The molecule has 9 nitrogen and oxygen atoms in total. The number of nitrogens with zero attached hydrogens (tertiary/aromatic N) is 2. The van der Waals surface area contributed by atoms with Crippen LogP contribution in [0.1, 0.15) is 80.5 Å². The molecule has 0 saturated carbocycles. The number of Topliss-reactive ketones (excluding diaryl/α,β-unsaturated/α-hetero) is 3. The van der Waals surface area contributed by atoms with E-state index in [1.54, 1.807) is 62.4 Å². The molecule has 6 atom stereocenters. The van der Waals surface area contributed by atoms with E-state index in [1.807, 2.05) is 0 Å². The lowest BCUT2D eigenvalue weighted by Gasteiger charge is -2.48. The predicted molar refractivity (Wildman–Crippen MR) is 221 cm³/mol. The molecule has 308 valence electrons. The molecule has 0 bridgehead atoms. The number of ketones is 3. The number of carbonyl (C=O) groups is 3. The average molecular weight is 795 g/mol. The van der Waals surface area contributed by atoms with Gasteiger partial charge in [0.15, 0.2) is 11.6 Å². The van der Waals surface area contributed by atoms with Crippen LogP contribution in [0.15, 0.2) is 84.9 Å². The van der Waals surface area contributed by atoms with Gasteiger partial charge in [-0.25, -0.2) is 8.78 Å². The summed E-state index contributed by atoms with van der Waals surface area (Å²) in [7, 11) is 0. The van der Waals surface area contributed by atoms with E-state index < -0.39 is 47.1 Å². The quantitative estimate of drug-likeness (QED) is 0.0712. The van der Waals surface area contributed by atoms with Gasteiger partial charge in [0, 0.05) is 72.8 Å². The van der Waals surface area contributed by atoms with Crippen molar-refractivity contribution in [3.63, 3.8) is 0 Å². The minimum Gasteiger partial charge on any atom is -0.508 e. The van der Waals surface area contributed by atoms with Gasteiger partial charge in [0.25, 0.3) is 0 Å². The molecule has 2 saturated heterocycles. The maximum Gasteiger partial charge on any atom is 0.167 e. The van der Waals surface area contributed by atoms with Crippen LogP contribution in [-0.4, -0.2) is 89.7 Å². The summed E-state index contributed by atoms with van der Waals surface area (Å²) in [6.07, 6.45) is 2.95. The first-order chi connectivity index (χ1) is 27.9. The summed E-state index contributed by atoms with van der Waals surface area (Å²) in [5.41, 5.74) is 14.1. The van der Waals surface area contributed by atoms with Gasteiger partial charge in [0.2, 0.25) is 0 Å². The van der Waals surface area contributed by atoms with Gasteiger partial charge in [0.1, 0.15) is 28.9 Å². The second-order valence-electron chi connectivity index (χ2n) is 16.1. The highest BCUT2D eigenvalue weighted by Gasteiger charge is 2.51. The number of benzene rings is 4. The highest BCUT2D eigenvalue weighted by atomic mass is 19.1. The van der Waals surface area contributed by atoms with Crippen molar-refractivity contribution in [2.45, 2.75) is 51.4 Å². The Morgan fingerprint density at radius 2 is 0.966 bits per heavy atom. The number of phenolic OH excluding ortho intramolecular Hbond substituents is 2. The monoisotopic (exact) mass is 794 g/mol. The minimum absolute atomic E-state index is 0.0692. The van der Waals surface area contributed by atoms with Gasteiger partial charge in [-0.05, 0) is 124 Å². The number of carbonyl (C=O) groups excluding carboxylic acids is 3. The zero-order chi connectivity index (χ0) is 41.5. The summed E-state index contributed by atoms with van der Waals surface area (Å²) >= 11 is 0. The molecule has 6 N–H and O–H groups in total. The van der Waals surface area contributed by atoms with Crippen LogP contribution in [0.4, 0.5) is 8.78 Å². The zero-order valence-electron chi connectivity index (χ0n) is 33.5. The Morgan fingerprint density at radius 1 is 0.586 bits per heavy atom. The Morgan fingerprint density at radius 3 is 1.34 bits per heavy atom. The van der Waals surface area contributed by atoms with Crippen molar-refractivity contribution >= 4 is 17.3 Å². The molecule has 0 aliphatic carbocycles. The van der Waals surface area contributed by atoms with Gasteiger partial charge in [-0.1, -0.05) is 48.5 Å². The number of piperidine rings is 2. The molecule has 11 heteroatoms. The fourth-order valence-electron chi connectivity index (χ4n) is 9.49. The fraction of sp³-hybridized carbons (Fsp3) is 0.426. The highest BCUT2D eigenvalue weighted by Crippen LogP contribution is 2.48. The molecule has 2 aliphatic rings. The number of rotatable bonds is 16. The van der Waals surface area contributed by atoms with Gasteiger partial charge in [-0.15, -0.1) is 0 Å². The normalized spacial score (nSPS) is 22.8. The SMILES string of the molecule is Cc1c(F)cccc1C1C(C(=O)c2cccc(O)c2)CN(CCCCN)CC1C(=O)[C@@H]1CN(CCCCN)C[C@H](C(=O)c2cccc(O)c2)[C@@H]1c1cccc(F)c1C. The molecule has 0 amide bonds. The molecule has 2 aliphatic heterocycles. The average Bonchev–Trinajstić information content (AvgIpc) is 3.22. The van der Waals surface area contributed by atoms with E-state index in [4.69, 9.17) is 11.5 Å². The van der Waals surface area contributed by atoms with Crippen molar-refractivity contribution in [1.82, 2.24) is 9.80 Å². The Kier molecular flexibility index (Phi) is 14.2. The zero-order valence-corrected chi connectivity index (χ0v) is 33.5. The van der Waals surface area contributed by atoms with Crippen molar-refractivity contribution in [2.75, 3.05) is 52.4 Å². The second-order valence-corrected chi connectivity index (χ2v) is 16.1. The predicted octanol–water partition coefficient (Wildman–Crippen LogP) is 6.77. The first-order valence-electron chi connectivity index (χ1n) is 20.5. The largest absolute Gasteiger partial charge is 0.508 e. The summed E-state index contributed by atoms with van der Waals surface area (Å²) in [5, 5.41) is 20.8. The molecular weight excluding hydrogens is 739 g/mol. The number of phenols is 2. The molecule has 0 aromatic heterocycles. The molecule has 3 unspecified atom stereocenters. The Bertz CT molecular complexity index is 1950. The van der Waals surface area contributed by atoms with Crippen molar-refractivity contribution < 1.29 is 33.4 Å². The van der Waals surface area contributed by atoms with Crippen LogP contribution in [0.25, 0.3) is 0 Å². The summed E-state index contributed by atoms with van der Waals surface area (Å²) < 4.78 is 31.1. The third-order valence-corrected chi connectivity index (χ3v) is 12.4. The first-order valence-corrected chi connectivity index (χ1v) is 20.5. The van der Waals surface area contributed by atoms with Crippen LogP contribution in [0, 0.1) is 49.2 Å². The van der Waals surface area contributed by atoms with Crippen molar-refractivity contribution in [3.05, 3.63) is 130 Å². The van der Waals surface area contributed by atoms with Gasteiger partial charge in [-0.2, -0.15) is 0 Å². The molecule has 0 radical (unpaired) electrons. The fourth-order valence-corrected chi connectivity index (χ4v) is 9.49. The molecular formula is C47H56F2N4O5. The van der Waals surface area contributed by atoms with Gasteiger partial charge in [-0.3, -0.25) is 14.4 Å². The van der Waals surface area contributed by atoms with Crippen LogP contribution in [0.3, 0.4) is 0 Å². The van der Waals surface area contributed by atoms with E-state index in [2.05, 4.69) is 9.80 Å². The summed E-state index contributed by atoms with van der Waals surface area (Å²) in [6, 6.07) is 21.8. The molecule has 0 spiro atoms. The van der Waals surface area contributed by atoms with Crippen molar-refractivity contribution in [2.24, 2.45) is 35.1 Å². The van der Waals surface area contributed by atoms with Crippen LogP contribution in [0.5, 0.6) is 11.5 Å². The summed E-state index contributed by atoms with van der Waals surface area (Å²) in [5.74, 6) is -6.55. The maximum atomic E-state index is 16.0. The topological polar surface area (TPSA) is 150 Å². The summed E-state index contributed by atoms with van der Waals surface area (Å²) in [6.45, 7) is 6.58. The van der Waals surface area contributed by atoms with Crippen LogP contribution in [0.2, 0.25) is 0 Å². The molecule has 2 heterocycles. The number of hydrogen-bond acceptors (Lipinski definition) is 9. The number of likely N-dealkylation sites (tertiary alicyclic amines) is 2.